The molecule has 1 aliphatic carbocycles. The molecule has 1 aromatic rings. The molecule has 2 heteroatoms. The van der Waals surface area contributed by atoms with Gasteiger partial charge in [-0.2, -0.15) is 0 Å². The maximum atomic E-state index is 13.0. The molecular weight excluding hydrogens is 237 g/mol. The van der Waals surface area contributed by atoms with Gasteiger partial charge in [0.25, 0.3) is 0 Å². The summed E-state index contributed by atoms with van der Waals surface area (Å²) in [7, 11) is 0. The van der Waals surface area contributed by atoms with Gasteiger partial charge in [0.15, 0.2) is 0 Å². The third-order valence-electron chi connectivity index (χ3n) is 4.47. The first kappa shape index (κ1) is 14.5. The summed E-state index contributed by atoms with van der Waals surface area (Å²) in [5, 5.41) is 3.50. The lowest BCUT2D eigenvalue weighted by molar-refractivity contribution is 0.184. The fourth-order valence-electron chi connectivity index (χ4n) is 3.33. The van der Waals surface area contributed by atoms with Gasteiger partial charge in [0.1, 0.15) is 5.82 Å². The average Bonchev–Trinajstić information content (AvgIpc) is 2.40. The number of halogens is 1. The van der Waals surface area contributed by atoms with Crippen LogP contribution in [0.25, 0.3) is 0 Å². The van der Waals surface area contributed by atoms with E-state index in [4.69, 9.17) is 0 Å². The molecule has 3 unspecified atom stereocenters. The van der Waals surface area contributed by atoms with Crippen LogP contribution in [-0.4, -0.2) is 13.1 Å². The zero-order valence-electron chi connectivity index (χ0n) is 12.2. The average molecular weight is 263 g/mol. The topological polar surface area (TPSA) is 12.0 Å². The Morgan fingerprint density at radius 1 is 1.16 bits per heavy atom. The van der Waals surface area contributed by atoms with E-state index in [1.54, 1.807) is 12.1 Å². The van der Waals surface area contributed by atoms with Crippen molar-refractivity contribution in [2.75, 3.05) is 13.1 Å². The molecule has 1 aromatic carbocycles. The van der Waals surface area contributed by atoms with Crippen molar-refractivity contribution in [1.29, 1.82) is 0 Å². The van der Waals surface area contributed by atoms with Crippen molar-refractivity contribution in [2.24, 2.45) is 17.8 Å². The van der Waals surface area contributed by atoms with Crippen LogP contribution in [0.15, 0.2) is 24.3 Å². The molecule has 1 saturated carbocycles. The van der Waals surface area contributed by atoms with Crippen LogP contribution in [0.4, 0.5) is 4.39 Å². The molecule has 0 radical (unpaired) electrons. The third-order valence-corrected chi connectivity index (χ3v) is 4.47. The Balaban J connectivity index is 1.98. The van der Waals surface area contributed by atoms with Crippen LogP contribution in [-0.2, 0) is 6.42 Å². The SMILES string of the molecule is CCNCC1CCC(C)CC1Cc1ccc(F)cc1. The Morgan fingerprint density at radius 2 is 1.89 bits per heavy atom. The summed E-state index contributed by atoms with van der Waals surface area (Å²) in [6, 6.07) is 7.06. The molecule has 1 aliphatic rings. The second-order valence-corrected chi connectivity index (χ2v) is 6.08. The van der Waals surface area contributed by atoms with Crippen molar-refractivity contribution in [2.45, 2.75) is 39.5 Å². The quantitative estimate of drug-likeness (QED) is 0.845. The van der Waals surface area contributed by atoms with Crippen molar-refractivity contribution >= 4 is 0 Å². The van der Waals surface area contributed by atoms with Gasteiger partial charge in [-0.3, -0.25) is 0 Å². The fraction of sp³-hybridized carbons (Fsp3) is 0.647. The van der Waals surface area contributed by atoms with Gasteiger partial charge in [-0.1, -0.05) is 32.4 Å². The Bertz CT molecular complexity index is 371. The van der Waals surface area contributed by atoms with E-state index < -0.39 is 0 Å². The molecule has 1 fully saturated rings. The summed E-state index contributed by atoms with van der Waals surface area (Å²) in [5.41, 5.74) is 1.28. The van der Waals surface area contributed by atoms with Gasteiger partial charge in [-0.25, -0.2) is 4.39 Å². The molecule has 0 saturated heterocycles. The summed E-state index contributed by atoms with van der Waals surface area (Å²) in [6.45, 7) is 6.71. The zero-order valence-corrected chi connectivity index (χ0v) is 12.2. The van der Waals surface area contributed by atoms with Crippen molar-refractivity contribution in [3.63, 3.8) is 0 Å². The van der Waals surface area contributed by atoms with Gasteiger partial charge >= 0.3 is 0 Å². The van der Waals surface area contributed by atoms with Crippen molar-refractivity contribution in [3.05, 3.63) is 35.6 Å². The maximum absolute atomic E-state index is 13.0. The highest BCUT2D eigenvalue weighted by Crippen LogP contribution is 2.35. The standard InChI is InChI=1S/C17H26FN/c1-3-19-12-15-7-4-13(2)10-16(15)11-14-5-8-17(18)9-6-14/h5-6,8-9,13,15-16,19H,3-4,7,10-12H2,1-2H3. The third kappa shape index (κ3) is 4.31. The van der Waals surface area contributed by atoms with Crippen LogP contribution in [0.2, 0.25) is 0 Å². The number of hydrogen-bond acceptors (Lipinski definition) is 1. The van der Waals surface area contributed by atoms with E-state index in [-0.39, 0.29) is 5.82 Å². The highest BCUT2D eigenvalue weighted by atomic mass is 19.1. The van der Waals surface area contributed by atoms with E-state index in [1.165, 1.54) is 24.8 Å². The zero-order chi connectivity index (χ0) is 13.7. The largest absolute Gasteiger partial charge is 0.317 e. The van der Waals surface area contributed by atoms with E-state index in [9.17, 15) is 4.39 Å². The van der Waals surface area contributed by atoms with E-state index in [2.05, 4.69) is 19.2 Å². The summed E-state index contributed by atoms with van der Waals surface area (Å²) in [4.78, 5) is 0. The maximum Gasteiger partial charge on any atom is 0.123 e. The molecule has 0 spiro atoms. The van der Waals surface area contributed by atoms with Crippen molar-refractivity contribution < 1.29 is 4.39 Å². The lowest BCUT2D eigenvalue weighted by Crippen LogP contribution is -2.33. The molecular formula is C17H26FN. The number of benzene rings is 1. The molecule has 1 N–H and O–H groups in total. The number of hydrogen-bond donors (Lipinski definition) is 1. The Labute approximate surface area is 116 Å². The predicted octanol–water partition coefficient (Wildman–Crippen LogP) is 4.03. The smallest absolute Gasteiger partial charge is 0.123 e. The fourth-order valence-corrected chi connectivity index (χ4v) is 3.33. The van der Waals surface area contributed by atoms with Crippen LogP contribution in [0.5, 0.6) is 0 Å². The van der Waals surface area contributed by atoms with E-state index >= 15 is 0 Å². The molecule has 0 heterocycles. The molecule has 1 nitrogen and oxygen atoms in total. The predicted molar refractivity (Wildman–Crippen MR) is 78.6 cm³/mol. The van der Waals surface area contributed by atoms with Gasteiger partial charge in [-0.05, 0) is 67.8 Å². The highest BCUT2D eigenvalue weighted by molar-refractivity contribution is 5.17. The number of nitrogens with one attached hydrogen (secondary N) is 1. The molecule has 19 heavy (non-hydrogen) atoms. The van der Waals surface area contributed by atoms with Gasteiger partial charge in [0.2, 0.25) is 0 Å². The monoisotopic (exact) mass is 263 g/mol. The Morgan fingerprint density at radius 3 is 2.58 bits per heavy atom. The molecule has 0 amide bonds. The first-order valence-electron chi connectivity index (χ1n) is 7.64. The lowest BCUT2D eigenvalue weighted by Gasteiger charge is -2.35. The van der Waals surface area contributed by atoms with Crippen LogP contribution in [0.1, 0.15) is 38.7 Å². The first-order chi connectivity index (χ1) is 9.19. The lowest BCUT2D eigenvalue weighted by atomic mass is 9.72. The second-order valence-electron chi connectivity index (χ2n) is 6.08. The normalized spacial score (nSPS) is 27.4. The second kappa shape index (κ2) is 7.04. The minimum absolute atomic E-state index is 0.134. The van der Waals surface area contributed by atoms with Crippen LogP contribution in [0.3, 0.4) is 0 Å². The molecule has 0 aromatic heterocycles. The van der Waals surface area contributed by atoms with Crippen LogP contribution in [0, 0.1) is 23.6 Å². The molecule has 0 bridgehead atoms. The Hall–Kier alpha value is -0.890. The molecule has 106 valence electrons. The van der Waals surface area contributed by atoms with Gasteiger partial charge in [0.05, 0.1) is 0 Å². The van der Waals surface area contributed by atoms with Crippen LogP contribution >= 0.6 is 0 Å². The first-order valence-corrected chi connectivity index (χ1v) is 7.64. The molecule has 3 atom stereocenters. The minimum Gasteiger partial charge on any atom is -0.317 e. The van der Waals surface area contributed by atoms with E-state index in [0.717, 1.165) is 37.3 Å². The van der Waals surface area contributed by atoms with E-state index in [0.29, 0.717) is 0 Å². The Kier molecular flexibility index (Phi) is 5.38. The van der Waals surface area contributed by atoms with E-state index in [1.807, 2.05) is 12.1 Å². The highest BCUT2D eigenvalue weighted by Gasteiger charge is 2.28. The molecule has 2 rings (SSSR count). The molecule has 0 aliphatic heterocycles. The summed E-state index contributed by atoms with van der Waals surface area (Å²) in [5.74, 6) is 2.22. The van der Waals surface area contributed by atoms with Crippen molar-refractivity contribution in [3.8, 4) is 0 Å². The van der Waals surface area contributed by atoms with Crippen LogP contribution < -0.4 is 5.32 Å². The van der Waals surface area contributed by atoms with Crippen molar-refractivity contribution in [1.82, 2.24) is 5.32 Å². The van der Waals surface area contributed by atoms with Gasteiger partial charge < -0.3 is 5.32 Å². The van der Waals surface area contributed by atoms with Gasteiger partial charge in [0, 0.05) is 0 Å². The summed E-state index contributed by atoms with van der Waals surface area (Å²) >= 11 is 0. The number of rotatable bonds is 5. The van der Waals surface area contributed by atoms with Gasteiger partial charge in [-0.15, -0.1) is 0 Å². The summed E-state index contributed by atoms with van der Waals surface area (Å²) < 4.78 is 13.0. The minimum atomic E-state index is -0.134. The summed E-state index contributed by atoms with van der Waals surface area (Å²) in [6.07, 6.45) is 5.10.